The Hall–Kier alpha value is -1.65. The lowest BCUT2D eigenvalue weighted by Crippen LogP contribution is -2.10. The first kappa shape index (κ1) is 15.7. The van der Waals surface area contributed by atoms with Crippen LogP contribution in [0.25, 0.3) is 0 Å². The van der Waals surface area contributed by atoms with Crippen molar-refractivity contribution in [2.45, 2.75) is 40.2 Å². The summed E-state index contributed by atoms with van der Waals surface area (Å²) in [7, 11) is 0. The SMILES string of the molecule is CCc1nnc(Oc2cc(Cl)ccc2C)c(CN)c1CC. The molecule has 0 aliphatic rings. The zero-order chi connectivity index (χ0) is 15.4. The van der Waals surface area contributed by atoms with Crippen LogP contribution in [0.2, 0.25) is 5.02 Å². The average molecular weight is 306 g/mol. The average Bonchev–Trinajstić information content (AvgIpc) is 2.50. The highest BCUT2D eigenvalue weighted by atomic mass is 35.5. The zero-order valence-corrected chi connectivity index (χ0v) is 13.4. The number of hydrogen-bond acceptors (Lipinski definition) is 4. The Morgan fingerprint density at radius 1 is 1.14 bits per heavy atom. The molecular formula is C16H20ClN3O. The molecule has 2 N–H and O–H groups in total. The predicted molar refractivity (Wildman–Crippen MR) is 84.9 cm³/mol. The fourth-order valence-electron chi connectivity index (χ4n) is 2.31. The summed E-state index contributed by atoms with van der Waals surface area (Å²) in [6, 6.07) is 5.52. The lowest BCUT2D eigenvalue weighted by Gasteiger charge is -2.15. The van der Waals surface area contributed by atoms with Crippen molar-refractivity contribution < 1.29 is 4.74 Å². The van der Waals surface area contributed by atoms with E-state index in [0.29, 0.717) is 23.2 Å². The normalized spacial score (nSPS) is 10.7. The molecule has 0 radical (unpaired) electrons. The third-order valence-electron chi connectivity index (χ3n) is 3.48. The summed E-state index contributed by atoms with van der Waals surface area (Å²) in [5, 5.41) is 9.08. The highest BCUT2D eigenvalue weighted by molar-refractivity contribution is 6.30. The van der Waals surface area contributed by atoms with Crippen LogP contribution in [-0.4, -0.2) is 10.2 Å². The second-order valence-electron chi connectivity index (χ2n) is 4.83. The van der Waals surface area contributed by atoms with Gasteiger partial charge in [-0.3, -0.25) is 0 Å². The largest absolute Gasteiger partial charge is 0.437 e. The minimum Gasteiger partial charge on any atom is -0.437 e. The van der Waals surface area contributed by atoms with E-state index in [1.807, 2.05) is 19.1 Å². The molecule has 0 aliphatic heterocycles. The molecule has 1 heterocycles. The molecule has 5 heteroatoms. The molecule has 1 aromatic carbocycles. The summed E-state index contributed by atoms with van der Waals surface area (Å²) in [5.74, 6) is 1.15. The summed E-state index contributed by atoms with van der Waals surface area (Å²) in [6.45, 7) is 6.48. The van der Waals surface area contributed by atoms with Crippen LogP contribution in [0.4, 0.5) is 0 Å². The Morgan fingerprint density at radius 3 is 2.52 bits per heavy atom. The molecule has 0 bridgehead atoms. The highest BCUT2D eigenvalue weighted by Crippen LogP contribution is 2.30. The van der Waals surface area contributed by atoms with Crippen LogP contribution in [0.15, 0.2) is 18.2 Å². The topological polar surface area (TPSA) is 61.0 Å². The fourth-order valence-corrected chi connectivity index (χ4v) is 2.47. The van der Waals surface area contributed by atoms with Crippen molar-refractivity contribution in [3.63, 3.8) is 0 Å². The summed E-state index contributed by atoms with van der Waals surface area (Å²) in [4.78, 5) is 0. The molecule has 4 nitrogen and oxygen atoms in total. The maximum Gasteiger partial charge on any atom is 0.243 e. The molecule has 21 heavy (non-hydrogen) atoms. The molecule has 0 fully saturated rings. The van der Waals surface area contributed by atoms with E-state index in [9.17, 15) is 0 Å². The Morgan fingerprint density at radius 2 is 1.90 bits per heavy atom. The summed E-state index contributed by atoms with van der Waals surface area (Å²) in [6.07, 6.45) is 1.69. The van der Waals surface area contributed by atoms with Gasteiger partial charge in [0.05, 0.1) is 5.69 Å². The maximum atomic E-state index is 6.02. The standard InChI is InChI=1S/C16H20ClN3O/c1-4-12-13(9-18)16(20-19-14(12)5-2)21-15-8-11(17)7-6-10(15)3/h6-8H,4-5,9,18H2,1-3H3. The minimum absolute atomic E-state index is 0.376. The van der Waals surface area contributed by atoms with Crippen molar-refractivity contribution in [3.8, 4) is 11.6 Å². The van der Waals surface area contributed by atoms with Crippen LogP contribution in [0, 0.1) is 6.92 Å². The second kappa shape index (κ2) is 6.87. The molecular weight excluding hydrogens is 286 g/mol. The molecule has 2 rings (SSSR count). The molecule has 112 valence electrons. The van der Waals surface area contributed by atoms with Gasteiger partial charge in [-0.15, -0.1) is 5.10 Å². The van der Waals surface area contributed by atoms with Gasteiger partial charge in [-0.1, -0.05) is 31.5 Å². The van der Waals surface area contributed by atoms with Crippen molar-refractivity contribution in [1.82, 2.24) is 10.2 Å². The molecule has 0 amide bonds. The van der Waals surface area contributed by atoms with Crippen LogP contribution in [-0.2, 0) is 19.4 Å². The van der Waals surface area contributed by atoms with Crippen molar-refractivity contribution in [2.24, 2.45) is 5.73 Å². The molecule has 0 saturated carbocycles. The Bertz CT molecular complexity index is 644. The van der Waals surface area contributed by atoms with Crippen LogP contribution in [0.5, 0.6) is 11.6 Å². The number of halogens is 1. The van der Waals surface area contributed by atoms with Gasteiger partial charge in [-0.25, -0.2) is 0 Å². The zero-order valence-electron chi connectivity index (χ0n) is 12.6. The lowest BCUT2D eigenvalue weighted by molar-refractivity contribution is 0.442. The van der Waals surface area contributed by atoms with Crippen molar-refractivity contribution in [3.05, 3.63) is 45.6 Å². The van der Waals surface area contributed by atoms with Gasteiger partial charge in [-0.2, -0.15) is 5.10 Å². The predicted octanol–water partition coefficient (Wildman–Crippen LogP) is 3.81. The van der Waals surface area contributed by atoms with E-state index in [2.05, 4.69) is 24.0 Å². The van der Waals surface area contributed by atoms with E-state index < -0.39 is 0 Å². The van der Waals surface area contributed by atoms with Crippen molar-refractivity contribution in [1.29, 1.82) is 0 Å². The maximum absolute atomic E-state index is 6.02. The van der Waals surface area contributed by atoms with Crippen molar-refractivity contribution in [2.75, 3.05) is 0 Å². The number of benzene rings is 1. The third-order valence-corrected chi connectivity index (χ3v) is 3.72. The summed E-state index contributed by atoms with van der Waals surface area (Å²) in [5.41, 5.74) is 9.92. The molecule has 0 saturated heterocycles. The fraction of sp³-hybridized carbons (Fsp3) is 0.375. The van der Waals surface area contributed by atoms with E-state index in [-0.39, 0.29) is 0 Å². The molecule has 2 aromatic rings. The number of aryl methyl sites for hydroxylation is 2. The van der Waals surface area contributed by atoms with E-state index in [0.717, 1.165) is 35.2 Å². The van der Waals surface area contributed by atoms with E-state index in [1.165, 1.54) is 0 Å². The first-order chi connectivity index (χ1) is 10.1. The third kappa shape index (κ3) is 3.34. The number of hydrogen-bond donors (Lipinski definition) is 1. The smallest absolute Gasteiger partial charge is 0.243 e. The number of rotatable bonds is 5. The van der Waals surface area contributed by atoms with Gasteiger partial charge >= 0.3 is 0 Å². The molecule has 1 aromatic heterocycles. The molecule has 0 aliphatic carbocycles. The Balaban J connectivity index is 2.47. The van der Waals surface area contributed by atoms with Crippen LogP contribution >= 0.6 is 11.6 Å². The number of ether oxygens (including phenoxy) is 1. The van der Waals surface area contributed by atoms with E-state index >= 15 is 0 Å². The lowest BCUT2D eigenvalue weighted by atomic mass is 10.0. The van der Waals surface area contributed by atoms with Gasteiger partial charge in [0.15, 0.2) is 0 Å². The summed E-state index contributed by atoms with van der Waals surface area (Å²) < 4.78 is 5.92. The summed E-state index contributed by atoms with van der Waals surface area (Å²) >= 11 is 6.02. The van der Waals surface area contributed by atoms with Gasteiger partial charge in [0.25, 0.3) is 0 Å². The highest BCUT2D eigenvalue weighted by Gasteiger charge is 2.15. The number of aromatic nitrogens is 2. The minimum atomic E-state index is 0.376. The van der Waals surface area contributed by atoms with Gasteiger partial charge in [0.2, 0.25) is 5.88 Å². The Kier molecular flexibility index (Phi) is 5.15. The number of nitrogens with two attached hydrogens (primary N) is 1. The van der Waals surface area contributed by atoms with Gasteiger partial charge in [-0.05, 0) is 43.0 Å². The first-order valence-corrected chi connectivity index (χ1v) is 7.49. The monoisotopic (exact) mass is 305 g/mol. The van der Waals surface area contributed by atoms with Crippen molar-refractivity contribution >= 4 is 11.6 Å². The van der Waals surface area contributed by atoms with Crippen LogP contribution < -0.4 is 10.5 Å². The molecule has 0 unspecified atom stereocenters. The second-order valence-corrected chi connectivity index (χ2v) is 5.27. The van der Waals surface area contributed by atoms with E-state index in [1.54, 1.807) is 6.07 Å². The first-order valence-electron chi connectivity index (χ1n) is 7.12. The van der Waals surface area contributed by atoms with Gasteiger partial charge in [0.1, 0.15) is 5.75 Å². The van der Waals surface area contributed by atoms with Gasteiger partial charge in [0, 0.05) is 17.1 Å². The molecule has 0 atom stereocenters. The van der Waals surface area contributed by atoms with Crippen LogP contribution in [0.1, 0.15) is 36.2 Å². The van der Waals surface area contributed by atoms with Crippen LogP contribution in [0.3, 0.4) is 0 Å². The quantitative estimate of drug-likeness (QED) is 0.912. The van der Waals surface area contributed by atoms with E-state index in [4.69, 9.17) is 22.1 Å². The van der Waals surface area contributed by atoms with Gasteiger partial charge < -0.3 is 10.5 Å². The molecule has 0 spiro atoms. The number of nitrogens with zero attached hydrogens (tertiary/aromatic N) is 2. The Labute approximate surface area is 130 Å².